The van der Waals surface area contributed by atoms with Crippen molar-refractivity contribution in [1.29, 1.82) is 0 Å². The van der Waals surface area contributed by atoms with Crippen LogP contribution in [0, 0.1) is 0 Å². The highest BCUT2D eigenvalue weighted by atomic mass is 16.5. The molecule has 0 fully saturated rings. The van der Waals surface area contributed by atoms with E-state index in [1.807, 2.05) is 0 Å². The van der Waals surface area contributed by atoms with E-state index >= 15 is 0 Å². The van der Waals surface area contributed by atoms with Gasteiger partial charge in [-0.25, -0.2) is 0 Å². The van der Waals surface area contributed by atoms with Crippen LogP contribution in [0.1, 0.15) is 5.56 Å². The van der Waals surface area contributed by atoms with E-state index in [0.717, 1.165) is 5.56 Å². The van der Waals surface area contributed by atoms with E-state index in [9.17, 15) is 9.90 Å². The lowest BCUT2D eigenvalue weighted by atomic mass is 10.0. The summed E-state index contributed by atoms with van der Waals surface area (Å²) < 4.78 is 27.3. The molecule has 3 aromatic rings. The summed E-state index contributed by atoms with van der Waals surface area (Å²) in [5.74, 6) is 1.55. The average Bonchev–Trinajstić information content (AvgIpc) is 2.66. The van der Waals surface area contributed by atoms with Gasteiger partial charge in [0.2, 0.25) is 11.2 Å². The fraction of sp³-hybridized carbons (Fsp3) is 0.211. The van der Waals surface area contributed by atoms with E-state index < -0.39 is 5.43 Å². The predicted octanol–water partition coefficient (Wildman–Crippen LogP) is 3.08. The third-order valence-corrected chi connectivity index (χ3v) is 4.37. The van der Waals surface area contributed by atoms with E-state index in [1.165, 1.54) is 20.3 Å². The minimum absolute atomic E-state index is 0.0495. The van der Waals surface area contributed by atoms with E-state index in [-0.39, 0.29) is 34.8 Å². The van der Waals surface area contributed by atoms with E-state index in [1.54, 1.807) is 25.3 Å². The summed E-state index contributed by atoms with van der Waals surface area (Å²) in [4.78, 5) is 12.8. The van der Waals surface area contributed by atoms with E-state index in [4.69, 9.17) is 23.4 Å². The highest BCUT2D eigenvalue weighted by Gasteiger charge is 2.27. The second-order valence-electron chi connectivity index (χ2n) is 5.76. The fourth-order valence-corrected chi connectivity index (χ4v) is 3.09. The normalized spacial score (nSPS) is 12.1. The minimum Gasteiger partial charge on any atom is -0.507 e. The lowest BCUT2D eigenvalue weighted by Gasteiger charge is -2.21. The molecule has 0 saturated carbocycles. The first kappa shape index (κ1) is 16.1. The summed E-state index contributed by atoms with van der Waals surface area (Å²) in [7, 11) is 4.54. The lowest BCUT2D eigenvalue weighted by molar-refractivity contribution is 0.287. The van der Waals surface area contributed by atoms with Gasteiger partial charge in [-0.3, -0.25) is 4.79 Å². The molecule has 1 N–H and O–H groups in total. The molecule has 134 valence electrons. The Morgan fingerprint density at radius 1 is 1.00 bits per heavy atom. The number of rotatable bonds is 3. The second kappa shape index (κ2) is 5.87. The van der Waals surface area contributed by atoms with Gasteiger partial charge < -0.3 is 28.5 Å². The molecule has 1 aliphatic rings. The lowest BCUT2D eigenvalue weighted by Crippen LogP contribution is -2.15. The first-order valence-electron chi connectivity index (χ1n) is 7.83. The van der Waals surface area contributed by atoms with Gasteiger partial charge in [-0.1, -0.05) is 0 Å². The first-order valence-corrected chi connectivity index (χ1v) is 7.83. The Morgan fingerprint density at radius 3 is 2.42 bits per heavy atom. The molecule has 2 aromatic carbocycles. The summed E-state index contributed by atoms with van der Waals surface area (Å²) in [6, 6.07) is 6.43. The number of hydrogen-bond donors (Lipinski definition) is 1. The summed E-state index contributed by atoms with van der Waals surface area (Å²) in [6.45, 7) is 0.176. The van der Waals surface area contributed by atoms with Gasteiger partial charge in [-0.15, -0.1) is 0 Å². The molecule has 2 heterocycles. The molecule has 7 heteroatoms. The number of hydrogen-bond acceptors (Lipinski definition) is 7. The number of methoxy groups -OCH3 is 3. The van der Waals surface area contributed by atoms with Crippen molar-refractivity contribution in [3.8, 4) is 40.1 Å². The molecule has 7 nitrogen and oxygen atoms in total. The molecule has 0 atom stereocenters. The van der Waals surface area contributed by atoms with Gasteiger partial charge in [-0.2, -0.15) is 0 Å². The minimum atomic E-state index is -0.443. The van der Waals surface area contributed by atoms with Crippen molar-refractivity contribution in [3.63, 3.8) is 0 Å². The zero-order chi connectivity index (χ0) is 18.4. The van der Waals surface area contributed by atoms with E-state index in [2.05, 4.69) is 0 Å². The average molecular weight is 356 g/mol. The Bertz CT molecular complexity index is 1080. The number of aromatic hydroxyl groups is 1. The number of fused-ring (bicyclic) bond motifs is 4. The molecule has 1 aliphatic heterocycles. The standard InChI is InChI=1S/C19H16O7/c1-22-10-5-12(20)16-15(6-10)26-18-11-7-14(24-3)13(23-2)4-9(11)8-25-19(18)17(16)21/h4-7,20H,8H2,1-3H3. The molecule has 0 unspecified atom stereocenters. The number of phenolic OH excluding ortho intramolecular Hbond substituents is 1. The Morgan fingerprint density at radius 2 is 1.73 bits per heavy atom. The number of phenols is 1. The second-order valence-corrected chi connectivity index (χ2v) is 5.76. The Balaban J connectivity index is 2.05. The summed E-state index contributed by atoms with van der Waals surface area (Å²) in [5.41, 5.74) is 1.23. The first-order chi connectivity index (χ1) is 12.6. The van der Waals surface area contributed by atoms with Crippen molar-refractivity contribution < 1.29 is 28.5 Å². The molecule has 0 aliphatic carbocycles. The van der Waals surface area contributed by atoms with Crippen molar-refractivity contribution in [2.24, 2.45) is 0 Å². The van der Waals surface area contributed by atoms with Gasteiger partial charge in [0.05, 0.1) is 21.3 Å². The van der Waals surface area contributed by atoms with Gasteiger partial charge in [0.25, 0.3) is 0 Å². The third kappa shape index (κ3) is 2.24. The van der Waals surface area contributed by atoms with Crippen molar-refractivity contribution in [2.75, 3.05) is 21.3 Å². The van der Waals surface area contributed by atoms with Gasteiger partial charge in [0.1, 0.15) is 29.1 Å². The van der Waals surface area contributed by atoms with E-state index in [0.29, 0.717) is 22.8 Å². The van der Waals surface area contributed by atoms with Gasteiger partial charge in [-0.05, 0) is 12.1 Å². The molecule has 26 heavy (non-hydrogen) atoms. The molecule has 0 bridgehead atoms. The maximum absolute atomic E-state index is 12.8. The van der Waals surface area contributed by atoms with Crippen LogP contribution in [0.25, 0.3) is 22.3 Å². The monoisotopic (exact) mass is 356 g/mol. The van der Waals surface area contributed by atoms with Crippen LogP contribution in [0.3, 0.4) is 0 Å². The summed E-state index contributed by atoms with van der Waals surface area (Å²) in [6.07, 6.45) is 0. The zero-order valence-electron chi connectivity index (χ0n) is 14.4. The van der Waals surface area contributed by atoms with Crippen molar-refractivity contribution >= 4 is 11.0 Å². The Labute approximate surface area is 148 Å². The molecular weight excluding hydrogens is 340 g/mol. The molecule has 0 spiro atoms. The highest BCUT2D eigenvalue weighted by molar-refractivity contribution is 5.89. The van der Waals surface area contributed by atoms with Crippen LogP contribution in [0.5, 0.6) is 28.7 Å². The van der Waals surface area contributed by atoms with Crippen molar-refractivity contribution in [3.05, 3.63) is 40.1 Å². The summed E-state index contributed by atoms with van der Waals surface area (Å²) >= 11 is 0. The number of benzene rings is 2. The van der Waals surface area contributed by atoms with Crippen LogP contribution in [0.2, 0.25) is 0 Å². The van der Waals surface area contributed by atoms with Crippen LogP contribution in [0.15, 0.2) is 33.5 Å². The largest absolute Gasteiger partial charge is 0.507 e. The van der Waals surface area contributed by atoms with Crippen LogP contribution in [-0.4, -0.2) is 26.4 Å². The molecule has 1 aromatic heterocycles. The topological polar surface area (TPSA) is 87.4 Å². The Kier molecular flexibility index (Phi) is 3.64. The molecule has 0 saturated heterocycles. The van der Waals surface area contributed by atoms with Gasteiger partial charge in [0.15, 0.2) is 17.3 Å². The molecule has 0 amide bonds. The molecule has 4 rings (SSSR count). The maximum Gasteiger partial charge on any atom is 0.239 e. The number of ether oxygens (including phenoxy) is 4. The maximum atomic E-state index is 12.8. The zero-order valence-corrected chi connectivity index (χ0v) is 14.4. The highest BCUT2D eigenvalue weighted by Crippen LogP contribution is 2.43. The van der Waals surface area contributed by atoms with Crippen LogP contribution < -0.4 is 24.4 Å². The Hall–Kier alpha value is -3.35. The van der Waals surface area contributed by atoms with Gasteiger partial charge >= 0.3 is 0 Å². The van der Waals surface area contributed by atoms with Crippen molar-refractivity contribution in [2.45, 2.75) is 6.61 Å². The van der Waals surface area contributed by atoms with Crippen LogP contribution >= 0.6 is 0 Å². The van der Waals surface area contributed by atoms with Gasteiger partial charge in [0, 0.05) is 23.3 Å². The predicted molar refractivity (Wildman–Crippen MR) is 93.6 cm³/mol. The fourth-order valence-electron chi connectivity index (χ4n) is 3.09. The van der Waals surface area contributed by atoms with Crippen molar-refractivity contribution in [1.82, 2.24) is 0 Å². The van der Waals surface area contributed by atoms with Crippen LogP contribution in [-0.2, 0) is 6.61 Å². The summed E-state index contributed by atoms with van der Waals surface area (Å²) in [5, 5.41) is 10.2. The third-order valence-electron chi connectivity index (χ3n) is 4.37. The van der Waals surface area contributed by atoms with Crippen LogP contribution in [0.4, 0.5) is 0 Å². The quantitative estimate of drug-likeness (QED) is 0.771. The molecule has 0 radical (unpaired) electrons. The smallest absolute Gasteiger partial charge is 0.239 e. The SMILES string of the molecule is COc1cc(O)c2c(=O)c3c(oc2c1)-c1cc(OC)c(OC)cc1CO3. The molecular formula is C19H16O7.